The Morgan fingerprint density at radius 3 is 2.63 bits per heavy atom. The first-order chi connectivity index (χ1) is 8.99. The summed E-state index contributed by atoms with van der Waals surface area (Å²) in [5, 5.41) is 3.16. The van der Waals surface area contributed by atoms with Crippen LogP contribution in [0.3, 0.4) is 0 Å². The van der Waals surface area contributed by atoms with E-state index in [-0.39, 0.29) is 24.5 Å². The molecule has 0 aliphatic carbocycles. The first-order valence-electron chi connectivity index (χ1n) is 6.26. The third-order valence-electron chi connectivity index (χ3n) is 3.09. The molecule has 1 aromatic carbocycles. The molecule has 2 atom stereocenters. The van der Waals surface area contributed by atoms with Crippen LogP contribution in [0.4, 0.5) is 0 Å². The van der Waals surface area contributed by atoms with Gasteiger partial charge >= 0.3 is 0 Å². The molecule has 1 aromatic rings. The van der Waals surface area contributed by atoms with Gasteiger partial charge in [0.25, 0.3) is 0 Å². The van der Waals surface area contributed by atoms with E-state index in [4.69, 9.17) is 15.2 Å². The van der Waals surface area contributed by atoms with Gasteiger partial charge in [0, 0.05) is 17.7 Å². The molecule has 0 radical (unpaired) electrons. The number of methoxy groups -OCH3 is 1. The van der Waals surface area contributed by atoms with Crippen molar-refractivity contribution in [3.05, 3.63) is 23.8 Å². The second kappa shape index (κ2) is 6.99. The molecule has 0 saturated carbocycles. The standard InChI is InChI=1S/C14H22N2O3/c1-9(14(15)17)8-19-13-7-11(18-4)5-6-12(13)10(2)16-3/h5-7,9-10,16H,8H2,1-4H3,(H2,15,17). The highest BCUT2D eigenvalue weighted by atomic mass is 16.5. The van der Waals surface area contributed by atoms with Crippen LogP contribution < -0.4 is 20.5 Å². The maximum Gasteiger partial charge on any atom is 0.223 e. The molecule has 0 heterocycles. The monoisotopic (exact) mass is 266 g/mol. The maximum absolute atomic E-state index is 11.0. The lowest BCUT2D eigenvalue weighted by Crippen LogP contribution is -2.26. The molecule has 106 valence electrons. The SMILES string of the molecule is CNC(C)c1ccc(OC)cc1OCC(C)C(N)=O. The minimum Gasteiger partial charge on any atom is -0.497 e. The van der Waals surface area contributed by atoms with E-state index in [2.05, 4.69) is 5.32 Å². The van der Waals surface area contributed by atoms with Crippen molar-refractivity contribution in [1.29, 1.82) is 0 Å². The van der Waals surface area contributed by atoms with E-state index in [0.717, 1.165) is 5.56 Å². The van der Waals surface area contributed by atoms with Crippen molar-refractivity contribution < 1.29 is 14.3 Å². The number of carbonyl (C=O) groups is 1. The van der Waals surface area contributed by atoms with Crippen LogP contribution in [0.1, 0.15) is 25.5 Å². The number of hydrogen-bond acceptors (Lipinski definition) is 4. The molecular formula is C14H22N2O3. The number of amides is 1. The molecule has 0 aliphatic rings. The quantitative estimate of drug-likeness (QED) is 0.784. The first kappa shape index (κ1) is 15.3. The highest BCUT2D eigenvalue weighted by molar-refractivity contribution is 5.76. The van der Waals surface area contributed by atoms with Gasteiger partial charge in [0.05, 0.1) is 19.6 Å². The number of nitrogens with one attached hydrogen (secondary N) is 1. The van der Waals surface area contributed by atoms with E-state index in [1.54, 1.807) is 14.0 Å². The summed E-state index contributed by atoms with van der Waals surface area (Å²) in [5.41, 5.74) is 6.24. The Kier molecular flexibility index (Phi) is 5.63. The van der Waals surface area contributed by atoms with Crippen molar-refractivity contribution in [2.45, 2.75) is 19.9 Å². The average molecular weight is 266 g/mol. The molecule has 3 N–H and O–H groups in total. The maximum atomic E-state index is 11.0. The summed E-state index contributed by atoms with van der Waals surface area (Å²) in [6.07, 6.45) is 0. The lowest BCUT2D eigenvalue weighted by molar-refractivity contribution is -0.122. The van der Waals surface area contributed by atoms with Gasteiger partial charge in [0.2, 0.25) is 5.91 Å². The second-order valence-electron chi connectivity index (χ2n) is 4.53. The van der Waals surface area contributed by atoms with Crippen LogP contribution in [-0.4, -0.2) is 26.7 Å². The molecule has 19 heavy (non-hydrogen) atoms. The number of hydrogen-bond donors (Lipinski definition) is 2. The van der Waals surface area contributed by atoms with Gasteiger partial charge < -0.3 is 20.5 Å². The van der Waals surface area contributed by atoms with Crippen molar-refractivity contribution in [1.82, 2.24) is 5.32 Å². The molecule has 0 aliphatic heterocycles. The van der Waals surface area contributed by atoms with E-state index >= 15 is 0 Å². The minimum atomic E-state index is -0.369. The highest BCUT2D eigenvalue weighted by Crippen LogP contribution is 2.29. The van der Waals surface area contributed by atoms with Gasteiger partial charge in [-0.3, -0.25) is 4.79 Å². The molecule has 1 amide bonds. The molecule has 5 heteroatoms. The fourth-order valence-electron chi connectivity index (χ4n) is 1.58. The second-order valence-corrected chi connectivity index (χ2v) is 4.53. The van der Waals surface area contributed by atoms with Crippen LogP contribution in [0.25, 0.3) is 0 Å². The zero-order chi connectivity index (χ0) is 14.4. The van der Waals surface area contributed by atoms with E-state index in [9.17, 15) is 4.79 Å². The Morgan fingerprint density at radius 2 is 2.11 bits per heavy atom. The van der Waals surface area contributed by atoms with Gasteiger partial charge in [0.1, 0.15) is 11.5 Å². The molecule has 0 aromatic heterocycles. The van der Waals surface area contributed by atoms with Crippen LogP contribution in [0.15, 0.2) is 18.2 Å². The zero-order valence-electron chi connectivity index (χ0n) is 11.9. The summed E-state index contributed by atoms with van der Waals surface area (Å²) >= 11 is 0. The van der Waals surface area contributed by atoms with Crippen molar-refractivity contribution in [3.63, 3.8) is 0 Å². The Labute approximate surface area is 114 Å². The molecular weight excluding hydrogens is 244 g/mol. The summed E-state index contributed by atoms with van der Waals surface area (Å²) < 4.78 is 10.9. The molecule has 0 bridgehead atoms. The van der Waals surface area contributed by atoms with Crippen LogP contribution >= 0.6 is 0 Å². The number of rotatable bonds is 7. The smallest absolute Gasteiger partial charge is 0.223 e. The largest absolute Gasteiger partial charge is 0.497 e. The zero-order valence-corrected chi connectivity index (χ0v) is 11.9. The normalized spacial score (nSPS) is 13.7. The third-order valence-corrected chi connectivity index (χ3v) is 3.09. The molecule has 0 saturated heterocycles. The predicted molar refractivity (Wildman–Crippen MR) is 74.3 cm³/mol. The summed E-state index contributed by atoms with van der Waals surface area (Å²) in [4.78, 5) is 11.0. The van der Waals surface area contributed by atoms with Gasteiger partial charge in [-0.2, -0.15) is 0 Å². The number of primary amides is 1. The van der Waals surface area contributed by atoms with Crippen molar-refractivity contribution in [3.8, 4) is 11.5 Å². The van der Waals surface area contributed by atoms with Gasteiger partial charge in [-0.1, -0.05) is 13.0 Å². The minimum absolute atomic E-state index is 0.143. The predicted octanol–water partition coefficient (Wildman–Crippen LogP) is 1.48. The molecule has 0 spiro atoms. The van der Waals surface area contributed by atoms with Crippen LogP contribution in [0, 0.1) is 5.92 Å². The van der Waals surface area contributed by atoms with Gasteiger partial charge in [0.15, 0.2) is 0 Å². The third kappa shape index (κ3) is 4.13. The fraction of sp³-hybridized carbons (Fsp3) is 0.500. The average Bonchev–Trinajstić information content (AvgIpc) is 2.43. The topological polar surface area (TPSA) is 73.6 Å². The Morgan fingerprint density at radius 1 is 1.42 bits per heavy atom. The molecule has 2 unspecified atom stereocenters. The lowest BCUT2D eigenvalue weighted by Gasteiger charge is -2.18. The Balaban J connectivity index is 2.91. The van der Waals surface area contributed by atoms with Gasteiger partial charge in [-0.25, -0.2) is 0 Å². The van der Waals surface area contributed by atoms with E-state index in [1.807, 2.05) is 32.2 Å². The van der Waals surface area contributed by atoms with E-state index in [1.165, 1.54) is 0 Å². The van der Waals surface area contributed by atoms with Gasteiger partial charge in [-0.05, 0) is 20.0 Å². The number of nitrogens with two attached hydrogens (primary N) is 1. The molecule has 1 rings (SSSR count). The summed E-state index contributed by atoms with van der Waals surface area (Å²) in [7, 11) is 3.48. The summed E-state index contributed by atoms with van der Waals surface area (Å²) in [6.45, 7) is 4.03. The highest BCUT2D eigenvalue weighted by Gasteiger charge is 2.14. The van der Waals surface area contributed by atoms with Crippen LogP contribution in [0.5, 0.6) is 11.5 Å². The number of ether oxygens (including phenoxy) is 2. The molecule has 0 fully saturated rings. The van der Waals surface area contributed by atoms with Gasteiger partial charge in [-0.15, -0.1) is 0 Å². The van der Waals surface area contributed by atoms with Crippen molar-refractivity contribution in [2.24, 2.45) is 11.7 Å². The summed E-state index contributed by atoms with van der Waals surface area (Å²) in [5.74, 6) is 0.720. The van der Waals surface area contributed by atoms with Crippen LogP contribution in [0.2, 0.25) is 0 Å². The summed E-state index contributed by atoms with van der Waals surface area (Å²) in [6, 6.07) is 5.79. The number of carbonyl (C=O) groups excluding carboxylic acids is 1. The van der Waals surface area contributed by atoms with Crippen molar-refractivity contribution >= 4 is 5.91 Å². The Hall–Kier alpha value is -1.75. The van der Waals surface area contributed by atoms with E-state index in [0.29, 0.717) is 11.5 Å². The van der Waals surface area contributed by atoms with E-state index < -0.39 is 0 Å². The van der Waals surface area contributed by atoms with Crippen LogP contribution in [-0.2, 0) is 4.79 Å². The van der Waals surface area contributed by atoms with Crippen molar-refractivity contribution in [2.75, 3.05) is 20.8 Å². The fourth-order valence-corrected chi connectivity index (χ4v) is 1.58. The lowest BCUT2D eigenvalue weighted by atomic mass is 10.1. The first-order valence-corrected chi connectivity index (χ1v) is 6.26. The Bertz CT molecular complexity index is 435. The molecule has 5 nitrogen and oxygen atoms in total. The number of benzene rings is 1.